The first-order chi connectivity index (χ1) is 6.26. The van der Waals surface area contributed by atoms with Crippen molar-refractivity contribution < 1.29 is 4.74 Å². The van der Waals surface area contributed by atoms with Crippen molar-refractivity contribution in [1.29, 1.82) is 0 Å². The van der Waals surface area contributed by atoms with Crippen LogP contribution in [-0.4, -0.2) is 19.3 Å². The summed E-state index contributed by atoms with van der Waals surface area (Å²) in [7, 11) is 1.85. The topological polar surface area (TPSA) is 35.2 Å². The predicted molar refractivity (Wildman–Crippen MR) is 51.3 cm³/mol. The Morgan fingerprint density at radius 2 is 2.00 bits per heavy atom. The van der Waals surface area contributed by atoms with Crippen LogP contribution in [0.4, 0.5) is 0 Å². The molecule has 0 saturated heterocycles. The summed E-state index contributed by atoms with van der Waals surface area (Å²) >= 11 is 0. The molecule has 2 heteroatoms. The van der Waals surface area contributed by atoms with Gasteiger partial charge in [0.2, 0.25) is 0 Å². The second-order valence-electron chi connectivity index (χ2n) is 5.27. The lowest BCUT2D eigenvalue weighted by molar-refractivity contribution is 0.0961. The Bertz CT molecular complexity index is 224. The summed E-state index contributed by atoms with van der Waals surface area (Å²) < 4.78 is 5.46. The quantitative estimate of drug-likeness (QED) is 0.666. The molecular weight excluding hydrogens is 162 g/mol. The zero-order chi connectivity index (χ0) is 9.05. The average molecular weight is 181 g/mol. The summed E-state index contributed by atoms with van der Waals surface area (Å²) in [5, 5.41) is 0. The van der Waals surface area contributed by atoms with E-state index in [4.69, 9.17) is 10.5 Å². The fourth-order valence-corrected chi connectivity index (χ4v) is 3.95. The molecular formula is C11H19NO. The number of rotatable bonds is 1. The maximum atomic E-state index is 6.21. The number of nitrogens with two attached hydrogens (primary N) is 1. The molecule has 0 heterocycles. The van der Waals surface area contributed by atoms with E-state index in [1.807, 2.05) is 7.11 Å². The molecule has 3 aliphatic rings. The van der Waals surface area contributed by atoms with Crippen LogP contribution < -0.4 is 5.73 Å². The lowest BCUT2D eigenvalue weighted by Crippen LogP contribution is -2.30. The Balaban J connectivity index is 1.80. The third-order valence-electron chi connectivity index (χ3n) is 4.85. The number of hydrogen-bond acceptors (Lipinski definition) is 2. The Morgan fingerprint density at radius 3 is 2.62 bits per heavy atom. The molecule has 3 aliphatic carbocycles. The lowest BCUT2D eigenvalue weighted by Gasteiger charge is -2.21. The first-order valence-electron chi connectivity index (χ1n) is 5.54. The van der Waals surface area contributed by atoms with Gasteiger partial charge in [-0.15, -0.1) is 0 Å². The summed E-state index contributed by atoms with van der Waals surface area (Å²) in [6.07, 6.45) is 7.16. The Kier molecular flexibility index (Phi) is 1.58. The van der Waals surface area contributed by atoms with Crippen LogP contribution in [-0.2, 0) is 4.74 Å². The first kappa shape index (κ1) is 8.25. The van der Waals surface area contributed by atoms with E-state index in [0.29, 0.717) is 17.6 Å². The van der Waals surface area contributed by atoms with Gasteiger partial charge in [0, 0.05) is 13.2 Å². The van der Waals surface area contributed by atoms with Crippen LogP contribution in [0.25, 0.3) is 0 Å². The molecule has 0 aromatic heterocycles. The molecule has 2 N–H and O–H groups in total. The van der Waals surface area contributed by atoms with E-state index in [9.17, 15) is 0 Å². The van der Waals surface area contributed by atoms with Crippen molar-refractivity contribution in [2.24, 2.45) is 23.0 Å². The highest BCUT2D eigenvalue weighted by molar-refractivity contribution is 5.14. The van der Waals surface area contributed by atoms with Crippen LogP contribution in [0.2, 0.25) is 0 Å². The van der Waals surface area contributed by atoms with Gasteiger partial charge in [-0.2, -0.15) is 0 Å². The molecule has 74 valence electrons. The fraction of sp³-hybridized carbons (Fsp3) is 1.00. The number of methoxy groups -OCH3 is 1. The van der Waals surface area contributed by atoms with Gasteiger partial charge in [0.25, 0.3) is 0 Å². The van der Waals surface area contributed by atoms with Crippen LogP contribution in [0.3, 0.4) is 0 Å². The zero-order valence-corrected chi connectivity index (χ0v) is 8.33. The second kappa shape index (κ2) is 2.48. The molecule has 1 unspecified atom stereocenters. The molecule has 3 fully saturated rings. The molecule has 0 amide bonds. The van der Waals surface area contributed by atoms with Gasteiger partial charge >= 0.3 is 0 Å². The molecule has 3 saturated carbocycles. The largest absolute Gasteiger partial charge is 0.381 e. The Labute approximate surface area is 79.8 Å². The number of hydrogen-bond donors (Lipinski definition) is 1. The molecule has 0 radical (unpaired) electrons. The molecule has 3 rings (SSSR count). The van der Waals surface area contributed by atoms with Crippen molar-refractivity contribution in [2.45, 2.75) is 44.2 Å². The van der Waals surface area contributed by atoms with E-state index in [0.717, 1.165) is 11.8 Å². The fourth-order valence-electron chi connectivity index (χ4n) is 3.95. The minimum Gasteiger partial charge on any atom is -0.381 e. The summed E-state index contributed by atoms with van der Waals surface area (Å²) in [6.45, 7) is 0. The van der Waals surface area contributed by atoms with Crippen LogP contribution in [0.1, 0.15) is 32.1 Å². The molecule has 13 heavy (non-hydrogen) atoms. The summed E-state index contributed by atoms with van der Waals surface area (Å²) in [5.74, 6) is 1.80. The van der Waals surface area contributed by atoms with Crippen molar-refractivity contribution in [3.8, 4) is 0 Å². The maximum absolute atomic E-state index is 6.21. The Morgan fingerprint density at radius 1 is 1.23 bits per heavy atom. The third-order valence-corrected chi connectivity index (χ3v) is 4.85. The highest BCUT2D eigenvalue weighted by Crippen LogP contribution is 2.66. The molecule has 0 aromatic carbocycles. The molecule has 1 spiro atoms. The zero-order valence-electron chi connectivity index (χ0n) is 8.33. The third kappa shape index (κ3) is 0.962. The van der Waals surface area contributed by atoms with Crippen molar-refractivity contribution in [3.05, 3.63) is 0 Å². The first-order valence-corrected chi connectivity index (χ1v) is 5.54. The summed E-state index contributed by atoms with van der Waals surface area (Å²) in [5.41, 5.74) is 6.79. The second-order valence-corrected chi connectivity index (χ2v) is 5.27. The predicted octanol–water partition coefficient (Wildman–Crippen LogP) is 1.54. The minimum atomic E-state index is 0.514. The molecule has 0 aromatic rings. The van der Waals surface area contributed by atoms with Crippen molar-refractivity contribution in [1.82, 2.24) is 0 Å². The monoisotopic (exact) mass is 181 g/mol. The molecule has 0 aliphatic heterocycles. The van der Waals surface area contributed by atoms with Crippen LogP contribution >= 0.6 is 0 Å². The van der Waals surface area contributed by atoms with E-state index < -0.39 is 0 Å². The van der Waals surface area contributed by atoms with Crippen molar-refractivity contribution >= 4 is 0 Å². The summed E-state index contributed by atoms with van der Waals surface area (Å²) in [6, 6.07) is 0.514. The van der Waals surface area contributed by atoms with E-state index in [1.165, 1.54) is 32.1 Å². The number of ether oxygens (including phenoxy) is 1. The minimum absolute atomic E-state index is 0.514. The van der Waals surface area contributed by atoms with Crippen molar-refractivity contribution in [2.75, 3.05) is 7.11 Å². The standard InChI is InChI=1S/C11H19NO/c1-13-8-4-7-5-10(12)11(2-3-11)9(7)6-8/h7-10H,2-6,12H2,1H3/t7-,8-,9-,10?/m1/s1. The van der Waals surface area contributed by atoms with E-state index in [-0.39, 0.29) is 0 Å². The van der Waals surface area contributed by atoms with Gasteiger partial charge in [0.15, 0.2) is 0 Å². The van der Waals surface area contributed by atoms with Crippen LogP contribution in [0.5, 0.6) is 0 Å². The molecule has 2 nitrogen and oxygen atoms in total. The highest BCUT2D eigenvalue weighted by atomic mass is 16.5. The van der Waals surface area contributed by atoms with Gasteiger partial charge in [-0.1, -0.05) is 0 Å². The van der Waals surface area contributed by atoms with Crippen molar-refractivity contribution in [3.63, 3.8) is 0 Å². The molecule has 0 bridgehead atoms. The van der Waals surface area contributed by atoms with Crippen LogP contribution in [0, 0.1) is 17.3 Å². The smallest absolute Gasteiger partial charge is 0.0577 e. The van der Waals surface area contributed by atoms with Gasteiger partial charge in [-0.25, -0.2) is 0 Å². The van der Waals surface area contributed by atoms with E-state index in [1.54, 1.807) is 0 Å². The van der Waals surface area contributed by atoms with Gasteiger partial charge in [-0.3, -0.25) is 0 Å². The van der Waals surface area contributed by atoms with E-state index in [2.05, 4.69) is 0 Å². The maximum Gasteiger partial charge on any atom is 0.0577 e. The lowest BCUT2D eigenvalue weighted by atomic mass is 9.88. The number of fused-ring (bicyclic) bond motifs is 2. The van der Waals surface area contributed by atoms with Crippen LogP contribution in [0.15, 0.2) is 0 Å². The highest BCUT2D eigenvalue weighted by Gasteiger charge is 2.62. The molecule has 4 atom stereocenters. The van der Waals surface area contributed by atoms with Gasteiger partial charge in [0.05, 0.1) is 6.10 Å². The van der Waals surface area contributed by atoms with Gasteiger partial charge < -0.3 is 10.5 Å². The van der Waals surface area contributed by atoms with E-state index >= 15 is 0 Å². The van der Waals surface area contributed by atoms with Gasteiger partial charge in [-0.05, 0) is 49.4 Å². The van der Waals surface area contributed by atoms with Gasteiger partial charge in [0.1, 0.15) is 0 Å². The average Bonchev–Trinajstić information content (AvgIpc) is 2.77. The Hall–Kier alpha value is -0.0800. The normalized spacial score (nSPS) is 51.2. The SMILES string of the molecule is CO[C@@H]1C[C@@H]2CC(N)C3(CC3)[C@@H]2C1. The summed E-state index contributed by atoms with van der Waals surface area (Å²) in [4.78, 5) is 0.